The number of hydrogen-bond acceptors (Lipinski definition) is 2. The summed E-state index contributed by atoms with van der Waals surface area (Å²) in [5, 5.41) is 9.10. The van der Waals surface area contributed by atoms with Gasteiger partial charge in [0.25, 0.3) is 0 Å². The van der Waals surface area contributed by atoms with Gasteiger partial charge in [-0.1, -0.05) is 0 Å². The molecule has 0 unspecified atom stereocenters. The molecule has 0 saturated carbocycles. The Labute approximate surface area is 69.8 Å². The maximum Gasteiger partial charge on any atom is 0.130 e. The van der Waals surface area contributed by atoms with Crippen molar-refractivity contribution in [2.45, 2.75) is 18.9 Å². The molecule has 12 heavy (non-hydrogen) atoms. The van der Waals surface area contributed by atoms with Crippen molar-refractivity contribution in [3.8, 4) is 5.75 Å². The third-order valence-corrected chi connectivity index (χ3v) is 2.32. The molecule has 1 atom stereocenters. The van der Waals surface area contributed by atoms with Crippen molar-refractivity contribution < 1.29 is 9.50 Å². The average Bonchev–Trinajstić information content (AvgIpc) is 2.33. The van der Waals surface area contributed by atoms with Gasteiger partial charge >= 0.3 is 0 Å². The molecular weight excluding hydrogens is 157 g/mol. The van der Waals surface area contributed by atoms with Gasteiger partial charge in [0.05, 0.1) is 0 Å². The lowest BCUT2D eigenvalue weighted by atomic mass is 10.1. The summed E-state index contributed by atoms with van der Waals surface area (Å²) in [6, 6.07) is 2.58. The Morgan fingerprint density at radius 1 is 1.50 bits per heavy atom. The molecule has 0 saturated heterocycles. The zero-order valence-electron chi connectivity index (χ0n) is 6.55. The van der Waals surface area contributed by atoms with Crippen LogP contribution >= 0.6 is 0 Å². The fourth-order valence-corrected chi connectivity index (χ4v) is 1.69. The Morgan fingerprint density at radius 3 is 3.00 bits per heavy atom. The van der Waals surface area contributed by atoms with Crippen LogP contribution in [0.3, 0.4) is 0 Å². The lowest BCUT2D eigenvalue weighted by Crippen LogP contribution is -2.05. The number of halogens is 1. The third-order valence-electron chi connectivity index (χ3n) is 2.32. The Bertz CT molecular complexity index is 325. The standard InChI is InChI=1S/C9H10FNO/c10-8-4-5(12)3-7-6(8)1-2-9(7)11/h3-4,9,12H,1-2,11H2/t9-/m1/s1. The molecule has 64 valence electrons. The smallest absolute Gasteiger partial charge is 0.130 e. The number of fused-ring (bicyclic) bond motifs is 1. The van der Waals surface area contributed by atoms with Crippen molar-refractivity contribution >= 4 is 0 Å². The summed E-state index contributed by atoms with van der Waals surface area (Å²) in [7, 11) is 0. The zero-order chi connectivity index (χ0) is 8.72. The van der Waals surface area contributed by atoms with Crippen LogP contribution in [0.2, 0.25) is 0 Å². The molecule has 1 aliphatic rings. The Morgan fingerprint density at radius 2 is 2.25 bits per heavy atom. The summed E-state index contributed by atoms with van der Waals surface area (Å²) < 4.78 is 13.1. The van der Waals surface area contributed by atoms with Crippen molar-refractivity contribution in [2.75, 3.05) is 0 Å². The van der Waals surface area contributed by atoms with Crippen molar-refractivity contribution in [2.24, 2.45) is 5.73 Å². The molecule has 2 nitrogen and oxygen atoms in total. The van der Waals surface area contributed by atoms with Crippen molar-refractivity contribution in [1.82, 2.24) is 0 Å². The number of phenolic OH excluding ortho intramolecular Hbond substituents is 1. The van der Waals surface area contributed by atoms with Gasteiger partial charge < -0.3 is 10.8 Å². The topological polar surface area (TPSA) is 46.2 Å². The lowest BCUT2D eigenvalue weighted by Gasteiger charge is -2.05. The number of phenols is 1. The van der Waals surface area contributed by atoms with Crippen LogP contribution in [0.25, 0.3) is 0 Å². The summed E-state index contributed by atoms with van der Waals surface area (Å²) in [6.45, 7) is 0. The maximum atomic E-state index is 13.1. The number of nitrogens with two attached hydrogens (primary N) is 1. The molecule has 1 aliphatic carbocycles. The molecule has 1 aromatic rings. The molecule has 3 N–H and O–H groups in total. The molecule has 0 bridgehead atoms. The second kappa shape index (κ2) is 2.45. The van der Waals surface area contributed by atoms with Crippen LogP contribution in [-0.4, -0.2) is 5.11 Å². The molecule has 0 amide bonds. The van der Waals surface area contributed by atoms with Crippen LogP contribution < -0.4 is 5.73 Å². The first kappa shape index (κ1) is 7.55. The van der Waals surface area contributed by atoms with Crippen LogP contribution in [0.15, 0.2) is 12.1 Å². The molecule has 0 heterocycles. The minimum Gasteiger partial charge on any atom is -0.508 e. The highest BCUT2D eigenvalue weighted by molar-refractivity contribution is 5.41. The normalized spacial score (nSPS) is 21.0. The van der Waals surface area contributed by atoms with Crippen LogP contribution in [-0.2, 0) is 6.42 Å². The van der Waals surface area contributed by atoms with Gasteiger partial charge in [-0.25, -0.2) is 4.39 Å². The zero-order valence-corrected chi connectivity index (χ0v) is 6.55. The molecule has 1 aromatic carbocycles. The number of hydrogen-bond donors (Lipinski definition) is 2. The van der Waals surface area contributed by atoms with Crippen molar-refractivity contribution in [3.63, 3.8) is 0 Å². The van der Waals surface area contributed by atoms with E-state index in [0.29, 0.717) is 12.0 Å². The van der Waals surface area contributed by atoms with Crippen LogP contribution in [0.5, 0.6) is 5.75 Å². The van der Waals surface area contributed by atoms with Crippen molar-refractivity contribution in [3.05, 3.63) is 29.1 Å². The second-order valence-electron chi connectivity index (χ2n) is 3.14. The van der Waals surface area contributed by atoms with Gasteiger partial charge in [0, 0.05) is 12.1 Å². The monoisotopic (exact) mass is 167 g/mol. The highest BCUT2D eigenvalue weighted by Gasteiger charge is 2.22. The van der Waals surface area contributed by atoms with Gasteiger partial charge in [0.2, 0.25) is 0 Å². The number of benzene rings is 1. The first-order valence-corrected chi connectivity index (χ1v) is 3.95. The van der Waals surface area contributed by atoms with Crippen LogP contribution in [0.1, 0.15) is 23.6 Å². The molecule has 3 heteroatoms. The number of rotatable bonds is 0. The largest absolute Gasteiger partial charge is 0.508 e. The summed E-state index contributed by atoms with van der Waals surface area (Å²) in [4.78, 5) is 0. The molecule has 0 fully saturated rings. The molecule has 0 aliphatic heterocycles. The SMILES string of the molecule is N[C@@H]1CCc2c(F)cc(O)cc21. The van der Waals surface area contributed by atoms with Gasteiger partial charge in [0.15, 0.2) is 0 Å². The molecule has 2 rings (SSSR count). The summed E-state index contributed by atoms with van der Waals surface area (Å²) >= 11 is 0. The summed E-state index contributed by atoms with van der Waals surface area (Å²) in [5.41, 5.74) is 7.13. The predicted molar refractivity (Wildman–Crippen MR) is 43.3 cm³/mol. The maximum absolute atomic E-state index is 13.1. The minimum absolute atomic E-state index is 0.0383. The van der Waals surface area contributed by atoms with Gasteiger partial charge in [0.1, 0.15) is 11.6 Å². The fraction of sp³-hybridized carbons (Fsp3) is 0.333. The summed E-state index contributed by atoms with van der Waals surface area (Å²) in [5.74, 6) is -0.374. The van der Waals surface area contributed by atoms with Crippen molar-refractivity contribution in [1.29, 1.82) is 0 Å². The van der Waals surface area contributed by atoms with E-state index in [-0.39, 0.29) is 17.6 Å². The van der Waals surface area contributed by atoms with E-state index in [4.69, 9.17) is 10.8 Å². The predicted octanol–water partition coefficient (Wildman–Crippen LogP) is 1.48. The van der Waals surface area contributed by atoms with E-state index >= 15 is 0 Å². The fourth-order valence-electron chi connectivity index (χ4n) is 1.69. The molecule has 0 aromatic heterocycles. The van der Waals surface area contributed by atoms with E-state index in [1.54, 1.807) is 6.07 Å². The lowest BCUT2D eigenvalue weighted by molar-refractivity contribution is 0.467. The first-order valence-electron chi connectivity index (χ1n) is 3.95. The average molecular weight is 167 g/mol. The van der Waals surface area contributed by atoms with E-state index in [0.717, 1.165) is 18.1 Å². The van der Waals surface area contributed by atoms with E-state index in [9.17, 15) is 4.39 Å². The van der Waals surface area contributed by atoms with Gasteiger partial charge in [-0.15, -0.1) is 0 Å². The third kappa shape index (κ3) is 0.975. The molecule has 0 spiro atoms. The Balaban J connectivity index is 2.60. The van der Waals surface area contributed by atoms with E-state index in [2.05, 4.69) is 0 Å². The minimum atomic E-state index is -0.335. The summed E-state index contributed by atoms with van der Waals surface area (Å²) in [6.07, 6.45) is 1.46. The quantitative estimate of drug-likeness (QED) is 0.614. The molecular formula is C9H10FNO. The molecule has 0 radical (unpaired) electrons. The Hall–Kier alpha value is -1.09. The van der Waals surface area contributed by atoms with Gasteiger partial charge in [-0.05, 0) is 30.0 Å². The van der Waals surface area contributed by atoms with Crippen LogP contribution in [0.4, 0.5) is 4.39 Å². The second-order valence-corrected chi connectivity index (χ2v) is 3.14. The van der Waals surface area contributed by atoms with Crippen LogP contribution in [0, 0.1) is 5.82 Å². The highest BCUT2D eigenvalue weighted by atomic mass is 19.1. The van der Waals surface area contributed by atoms with E-state index in [1.165, 1.54) is 0 Å². The highest BCUT2D eigenvalue weighted by Crippen LogP contribution is 2.33. The van der Waals surface area contributed by atoms with Gasteiger partial charge in [-0.3, -0.25) is 0 Å². The first-order chi connectivity index (χ1) is 5.68. The van der Waals surface area contributed by atoms with Gasteiger partial charge in [-0.2, -0.15) is 0 Å². The van der Waals surface area contributed by atoms with E-state index in [1.807, 2.05) is 0 Å². The Kier molecular flexibility index (Phi) is 1.54. The van der Waals surface area contributed by atoms with E-state index < -0.39 is 0 Å². The number of aromatic hydroxyl groups is 1.